The maximum absolute atomic E-state index is 6.69. The number of ether oxygens (including phenoxy) is 2. The van der Waals surface area contributed by atoms with Gasteiger partial charge in [-0.05, 0) is 65.1 Å². The first kappa shape index (κ1) is 29.3. The zero-order valence-corrected chi connectivity index (χ0v) is 24.6. The van der Waals surface area contributed by atoms with E-state index < -0.39 is 0 Å². The van der Waals surface area contributed by atoms with Gasteiger partial charge in [0, 0.05) is 10.4 Å². The second-order valence-corrected chi connectivity index (χ2v) is 11.3. The van der Waals surface area contributed by atoms with Gasteiger partial charge in [0.1, 0.15) is 13.2 Å². The summed E-state index contributed by atoms with van der Waals surface area (Å²) in [6.07, 6.45) is 3.82. The summed E-state index contributed by atoms with van der Waals surface area (Å²) in [5.41, 5.74) is 16.9. The molecule has 42 heavy (non-hydrogen) atoms. The number of halogens is 1. The maximum atomic E-state index is 6.69. The fourth-order valence-corrected chi connectivity index (χ4v) is 4.62. The van der Waals surface area contributed by atoms with Gasteiger partial charge < -0.3 is 20.9 Å². The van der Waals surface area contributed by atoms with E-state index in [1.165, 1.54) is 0 Å². The second-order valence-electron chi connectivity index (χ2n) is 10.9. The molecule has 5 aromatic rings. The van der Waals surface area contributed by atoms with Crippen LogP contribution in [-0.2, 0) is 13.2 Å². The molecule has 4 aromatic carbocycles. The number of nitrogens with two attached hydrogens (primary N) is 2. The second kappa shape index (κ2) is 13.2. The highest BCUT2D eigenvalue weighted by atomic mass is 35.5. The molecule has 0 saturated carbocycles. The summed E-state index contributed by atoms with van der Waals surface area (Å²) in [4.78, 5) is 9.62. The third-order valence-corrected chi connectivity index (χ3v) is 7.47. The molecular weight excluding hydrogens is 544 g/mol. The maximum Gasteiger partial charge on any atom is 0.162 e. The summed E-state index contributed by atoms with van der Waals surface area (Å²) in [6, 6.07) is 31.1. The molecule has 6 nitrogen and oxygen atoms in total. The fourth-order valence-electron chi connectivity index (χ4n) is 4.46. The quantitative estimate of drug-likeness (QED) is 0.167. The number of aromatic nitrogens is 2. The van der Waals surface area contributed by atoms with Gasteiger partial charge >= 0.3 is 0 Å². The van der Waals surface area contributed by atoms with Gasteiger partial charge in [-0.2, -0.15) is 0 Å². The molecule has 0 aliphatic heterocycles. The molecule has 214 valence electrons. The Morgan fingerprint density at radius 1 is 0.786 bits per heavy atom. The number of fused-ring (bicyclic) bond motifs is 1. The van der Waals surface area contributed by atoms with Crippen molar-refractivity contribution < 1.29 is 9.47 Å². The first-order chi connectivity index (χ1) is 20.3. The van der Waals surface area contributed by atoms with E-state index in [4.69, 9.17) is 42.5 Å². The fraction of sp³-hybridized carbons (Fsp3) is 0.200. The van der Waals surface area contributed by atoms with Crippen molar-refractivity contribution in [3.05, 3.63) is 130 Å². The first-order valence-corrected chi connectivity index (χ1v) is 14.3. The zero-order valence-electron chi connectivity index (χ0n) is 23.8. The minimum atomic E-state index is -0.389. The molecule has 4 N–H and O–H groups in total. The smallest absolute Gasteiger partial charge is 0.162 e. The van der Waals surface area contributed by atoms with E-state index in [1.54, 1.807) is 0 Å². The molecule has 0 radical (unpaired) electrons. The van der Waals surface area contributed by atoms with Crippen molar-refractivity contribution in [3.63, 3.8) is 0 Å². The molecule has 1 heterocycles. The Labute approximate surface area is 252 Å². The van der Waals surface area contributed by atoms with Crippen LogP contribution in [0.1, 0.15) is 48.1 Å². The van der Waals surface area contributed by atoms with Crippen LogP contribution in [0, 0.1) is 5.41 Å². The van der Waals surface area contributed by atoms with Gasteiger partial charge in [0.05, 0.1) is 17.3 Å². The summed E-state index contributed by atoms with van der Waals surface area (Å²) < 4.78 is 12.4. The molecule has 7 heteroatoms. The normalized spacial score (nSPS) is 12.5. The van der Waals surface area contributed by atoms with Gasteiger partial charge in [-0.15, -0.1) is 0 Å². The Morgan fingerprint density at radius 2 is 1.43 bits per heavy atom. The minimum absolute atomic E-state index is 0.359. The van der Waals surface area contributed by atoms with Crippen LogP contribution < -0.4 is 20.9 Å². The predicted octanol–water partition coefficient (Wildman–Crippen LogP) is 7.60. The molecule has 0 aliphatic rings. The summed E-state index contributed by atoms with van der Waals surface area (Å²) >= 11 is 6.31. The van der Waals surface area contributed by atoms with E-state index in [0.717, 1.165) is 33.3 Å². The standard InChI is InChI=1S/C35H35ClN4O2/c1-35(2,23-37)34(38)33-28-16-15-27(36)20-29(28)39-32(40-33)18-14-24-13-17-30(41-21-25-9-5-3-6-10-25)31(19-24)42-22-26-11-7-4-8-12-26/h3-20,34H,21-23,37-38H2,1-2H3/b18-14+. The van der Waals surface area contributed by atoms with Crippen LogP contribution in [0.3, 0.4) is 0 Å². The summed E-state index contributed by atoms with van der Waals surface area (Å²) in [6.45, 7) is 5.35. The van der Waals surface area contributed by atoms with Gasteiger partial charge in [-0.3, -0.25) is 0 Å². The lowest BCUT2D eigenvalue weighted by Crippen LogP contribution is -2.36. The van der Waals surface area contributed by atoms with Crippen LogP contribution in [-0.4, -0.2) is 16.5 Å². The lowest BCUT2D eigenvalue weighted by molar-refractivity contribution is 0.256. The van der Waals surface area contributed by atoms with Crippen LogP contribution in [0.2, 0.25) is 5.02 Å². The average Bonchev–Trinajstić information content (AvgIpc) is 3.02. The van der Waals surface area contributed by atoms with Gasteiger partial charge in [-0.25, -0.2) is 9.97 Å². The Balaban J connectivity index is 1.45. The van der Waals surface area contributed by atoms with E-state index >= 15 is 0 Å². The Morgan fingerprint density at radius 3 is 2.07 bits per heavy atom. The zero-order chi connectivity index (χ0) is 29.5. The number of hydrogen-bond donors (Lipinski definition) is 2. The Kier molecular flexibility index (Phi) is 9.18. The Hall–Kier alpha value is -4.23. The van der Waals surface area contributed by atoms with Crippen molar-refractivity contribution in [1.82, 2.24) is 9.97 Å². The molecule has 1 atom stereocenters. The number of hydrogen-bond acceptors (Lipinski definition) is 6. The molecule has 0 amide bonds. The molecule has 0 bridgehead atoms. The van der Waals surface area contributed by atoms with Crippen LogP contribution in [0.15, 0.2) is 97.1 Å². The van der Waals surface area contributed by atoms with E-state index in [9.17, 15) is 0 Å². The lowest BCUT2D eigenvalue weighted by Gasteiger charge is -2.30. The highest BCUT2D eigenvalue weighted by molar-refractivity contribution is 6.31. The highest BCUT2D eigenvalue weighted by Gasteiger charge is 2.29. The number of rotatable bonds is 11. The SMILES string of the molecule is CC(C)(CN)C(N)c1nc(/C=C/c2ccc(OCc3ccccc3)c(OCc3ccccc3)c2)nc2cc(Cl)ccc12. The number of benzene rings is 4. The van der Waals surface area contributed by atoms with E-state index in [1.807, 2.05) is 123 Å². The Bertz CT molecular complexity index is 1670. The average molecular weight is 579 g/mol. The lowest BCUT2D eigenvalue weighted by atomic mass is 9.82. The summed E-state index contributed by atoms with van der Waals surface area (Å²) in [5, 5.41) is 1.46. The van der Waals surface area contributed by atoms with E-state index in [0.29, 0.717) is 42.1 Å². The molecule has 0 aliphatic carbocycles. The molecule has 1 unspecified atom stereocenters. The predicted molar refractivity (Wildman–Crippen MR) is 171 cm³/mol. The third kappa shape index (κ3) is 7.15. The number of nitrogens with zero attached hydrogens (tertiary/aromatic N) is 2. The topological polar surface area (TPSA) is 96.3 Å². The molecule has 1 aromatic heterocycles. The third-order valence-electron chi connectivity index (χ3n) is 7.24. The van der Waals surface area contributed by atoms with Crippen LogP contribution in [0.5, 0.6) is 11.5 Å². The van der Waals surface area contributed by atoms with Gasteiger partial charge in [0.2, 0.25) is 0 Å². The molecule has 5 rings (SSSR count). The highest BCUT2D eigenvalue weighted by Crippen LogP contribution is 2.34. The summed E-state index contributed by atoms with van der Waals surface area (Å²) in [7, 11) is 0. The van der Waals surface area contributed by atoms with Crippen molar-refractivity contribution in [2.24, 2.45) is 16.9 Å². The van der Waals surface area contributed by atoms with Gasteiger partial charge in [-0.1, -0.05) is 98.3 Å². The van der Waals surface area contributed by atoms with Crippen molar-refractivity contribution in [1.29, 1.82) is 0 Å². The van der Waals surface area contributed by atoms with Gasteiger partial charge in [0.25, 0.3) is 0 Å². The molecule has 0 fully saturated rings. The van der Waals surface area contributed by atoms with Crippen LogP contribution in [0.25, 0.3) is 23.1 Å². The van der Waals surface area contributed by atoms with Crippen LogP contribution in [0.4, 0.5) is 0 Å². The van der Waals surface area contributed by atoms with Crippen molar-refractivity contribution in [3.8, 4) is 11.5 Å². The van der Waals surface area contributed by atoms with E-state index in [-0.39, 0.29) is 11.5 Å². The van der Waals surface area contributed by atoms with Crippen molar-refractivity contribution in [2.75, 3.05) is 6.54 Å². The summed E-state index contributed by atoms with van der Waals surface area (Å²) in [5.74, 6) is 1.84. The van der Waals surface area contributed by atoms with Crippen molar-refractivity contribution in [2.45, 2.75) is 33.1 Å². The first-order valence-electron chi connectivity index (χ1n) is 13.9. The molecule has 0 saturated heterocycles. The van der Waals surface area contributed by atoms with Gasteiger partial charge in [0.15, 0.2) is 17.3 Å². The minimum Gasteiger partial charge on any atom is -0.485 e. The largest absolute Gasteiger partial charge is 0.485 e. The van der Waals surface area contributed by atoms with E-state index in [2.05, 4.69) is 0 Å². The molecular formula is C35H35ClN4O2. The monoisotopic (exact) mass is 578 g/mol. The molecule has 0 spiro atoms. The van der Waals surface area contributed by atoms with Crippen LogP contribution >= 0.6 is 11.6 Å². The van der Waals surface area contributed by atoms with Crippen molar-refractivity contribution >= 4 is 34.7 Å².